The van der Waals surface area contributed by atoms with Gasteiger partial charge in [-0.2, -0.15) is 0 Å². The molecule has 2 rings (SSSR count). The van der Waals surface area contributed by atoms with Crippen LogP contribution in [0.15, 0.2) is 35.5 Å². The van der Waals surface area contributed by atoms with Crippen LogP contribution in [-0.4, -0.2) is 6.54 Å². The molecule has 0 aromatic carbocycles. The third-order valence-corrected chi connectivity index (χ3v) is 5.98. The monoisotopic (exact) mass is 441 g/mol. The van der Waals surface area contributed by atoms with Gasteiger partial charge in [0.1, 0.15) is 11.8 Å². The number of halogens is 3. The van der Waals surface area contributed by atoms with Gasteiger partial charge in [-0.25, -0.2) is 0 Å². The summed E-state index contributed by atoms with van der Waals surface area (Å²) in [5.74, 6) is 0.917. The molecule has 2 heterocycles. The minimum absolute atomic E-state index is 0.0962. The second kappa shape index (κ2) is 6.02. The first-order chi connectivity index (χ1) is 8.11. The Labute approximate surface area is 129 Å². The summed E-state index contributed by atoms with van der Waals surface area (Å²) in [5, 5.41) is 3.42. The third-order valence-electron chi connectivity index (χ3n) is 2.24. The van der Waals surface area contributed by atoms with E-state index in [1.54, 1.807) is 11.3 Å². The second-order valence-corrected chi connectivity index (χ2v) is 7.44. The number of furan rings is 1. The summed E-state index contributed by atoms with van der Waals surface area (Å²) in [6.07, 6.45) is 0. The minimum atomic E-state index is 0.0962. The van der Waals surface area contributed by atoms with Gasteiger partial charge in [0.15, 0.2) is 4.67 Å². The fraction of sp³-hybridized carbons (Fsp3) is 0.273. The number of thiophene rings is 1. The lowest BCUT2D eigenvalue weighted by Crippen LogP contribution is -2.20. The summed E-state index contributed by atoms with van der Waals surface area (Å²) in [6.45, 7) is 2.97. The fourth-order valence-corrected chi connectivity index (χ4v) is 4.03. The van der Waals surface area contributed by atoms with Crippen LogP contribution in [-0.2, 0) is 0 Å². The maximum Gasteiger partial charge on any atom is 0.169 e. The molecule has 1 N–H and O–H groups in total. The van der Waals surface area contributed by atoms with Gasteiger partial charge in [0, 0.05) is 9.35 Å². The van der Waals surface area contributed by atoms with Crippen molar-refractivity contribution < 1.29 is 4.42 Å². The van der Waals surface area contributed by atoms with Crippen LogP contribution in [0.5, 0.6) is 0 Å². The predicted molar refractivity (Wildman–Crippen MR) is 81.6 cm³/mol. The Morgan fingerprint density at radius 3 is 2.59 bits per heavy atom. The van der Waals surface area contributed by atoms with Crippen molar-refractivity contribution in [2.45, 2.75) is 13.0 Å². The van der Waals surface area contributed by atoms with Gasteiger partial charge < -0.3 is 9.73 Å². The summed E-state index contributed by atoms with van der Waals surface area (Å²) in [7, 11) is 0. The van der Waals surface area contributed by atoms with Crippen LogP contribution < -0.4 is 5.32 Å². The standard InChI is InChI=1S/C11H10Br3NOS/c1-2-15-10(7-3-4-9(13)16-7)8-5-6(12)11(14)17-8/h3-5,10,15H,2H2,1H3. The quantitative estimate of drug-likeness (QED) is 0.691. The van der Waals surface area contributed by atoms with Gasteiger partial charge in [0.2, 0.25) is 0 Å². The van der Waals surface area contributed by atoms with Crippen molar-refractivity contribution >= 4 is 59.1 Å². The van der Waals surface area contributed by atoms with E-state index in [1.807, 2.05) is 12.1 Å². The normalized spacial score (nSPS) is 12.9. The Balaban J connectivity index is 2.34. The van der Waals surface area contributed by atoms with Crippen LogP contribution in [0.1, 0.15) is 23.6 Å². The second-order valence-electron chi connectivity index (χ2n) is 3.40. The van der Waals surface area contributed by atoms with Crippen LogP contribution in [0.25, 0.3) is 0 Å². The summed E-state index contributed by atoms with van der Waals surface area (Å²) in [6, 6.07) is 6.10. The van der Waals surface area contributed by atoms with Gasteiger partial charge in [-0.15, -0.1) is 11.3 Å². The van der Waals surface area contributed by atoms with E-state index in [9.17, 15) is 0 Å². The van der Waals surface area contributed by atoms with Crippen LogP contribution in [0.2, 0.25) is 0 Å². The molecule has 17 heavy (non-hydrogen) atoms. The van der Waals surface area contributed by atoms with E-state index in [0.717, 1.165) is 25.2 Å². The van der Waals surface area contributed by atoms with E-state index in [1.165, 1.54) is 4.88 Å². The molecule has 0 saturated carbocycles. The molecule has 0 saturated heterocycles. The van der Waals surface area contributed by atoms with Crippen molar-refractivity contribution in [2.75, 3.05) is 6.54 Å². The van der Waals surface area contributed by atoms with E-state index in [4.69, 9.17) is 4.42 Å². The van der Waals surface area contributed by atoms with Gasteiger partial charge in [-0.3, -0.25) is 0 Å². The Morgan fingerprint density at radius 1 is 1.35 bits per heavy atom. The Kier molecular flexibility index (Phi) is 4.88. The molecule has 2 nitrogen and oxygen atoms in total. The Bertz CT molecular complexity index is 489. The van der Waals surface area contributed by atoms with Gasteiger partial charge >= 0.3 is 0 Å². The summed E-state index contributed by atoms with van der Waals surface area (Å²) in [5.41, 5.74) is 0. The SMILES string of the molecule is CCNC(c1ccc(Br)o1)c1cc(Br)c(Br)s1. The molecule has 0 bridgehead atoms. The van der Waals surface area contributed by atoms with Crippen molar-refractivity contribution in [3.63, 3.8) is 0 Å². The highest BCUT2D eigenvalue weighted by atomic mass is 79.9. The number of hydrogen-bond donors (Lipinski definition) is 1. The van der Waals surface area contributed by atoms with Gasteiger partial charge in [-0.05, 0) is 72.5 Å². The summed E-state index contributed by atoms with van der Waals surface area (Å²) >= 11 is 12.1. The lowest BCUT2D eigenvalue weighted by molar-refractivity contribution is 0.440. The van der Waals surface area contributed by atoms with Crippen molar-refractivity contribution in [1.29, 1.82) is 0 Å². The zero-order valence-electron chi connectivity index (χ0n) is 8.97. The number of hydrogen-bond acceptors (Lipinski definition) is 3. The van der Waals surface area contributed by atoms with Crippen LogP contribution in [0.4, 0.5) is 0 Å². The average molecular weight is 444 g/mol. The number of rotatable bonds is 4. The average Bonchev–Trinajstić information content (AvgIpc) is 2.83. The molecule has 6 heteroatoms. The molecule has 92 valence electrons. The van der Waals surface area contributed by atoms with E-state index in [2.05, 4.69) is 66.1 Å². The highest BCUT2D eigenvalue weighted by molar-refractivity contribution is 9.13. The third kappa shape index (κ3) is 3.23. The predicted octanol–water partition coefficient (Wildman–Crippen LogP) is 5.33. The zero-order chi connectivity index (χ0) is 12.4. The maximum atomic E-state index is 5.63. The minimum Gasteiger partial charge on any atom is -0.452 e. The molecule has 2 aromatic heterocycles. The molecular weight excluding hydrogens is 434 g/mol. The highest BCUT2D eigenvalue weighted by Gasteiger charge is 2.20. The summed E-state index contributed by atoms with van der Waals surface area (Å²) < 4.78 is 8.56. The van der Waals surface area contributed by atoms with Crippen molar-refractivity contribution in [3.8, 4) is 0 Å². The molecule has 0 spiro atoms. The van der Waals surface area contributed by atoms with Crippen molar-refractivity contribution in [3.05, 3.63) is 41.8 Å². The molecule has 0 aliphatic rings. The maximum absolute atomic E-state index is 5.63. The van der Waals surface area contributed by atoms with E-state index in [0.29, 0.717) is 0 Å². The van der Waals surface area contributed by atoms with E-state index < -0.39 is 0 Å². The summed E-state index contributed by atoms with van der Waals surface area (Å²) in [4.78, 5) is 1.22. The largest absolute Gasteiger partial charge is 0.452 e. The molecule has 1 unspecified atom stereocenters. The Hall–Kier alpha value is 0.380. The van der Waals surface area contributed by atoms with Gasteiger partial charge in [-0.1, -0.05) is 6.92 Å². The molecule has 0 fully saturated rings. The first kappa shape index (κ1) is 13.8. The first-order valence-electron chi connectivity index (χ1n) is 5.05. The van der Waals surface area contributed by atoms with Crippen molar-refractivity contribution in [2.24, 2.45) is 0 Å². The molecule has 0 radical (unpaired) electrons. The highest BCUT2D eigenvalue weighted by Crippen LogP contribution is 2.38. The van der Waals surface area contributed by atoms with Crippen LogP contribution in [0, 0.1) is 0 Å². The number of nitrogens with one attached hydrogen (secondary N) is 1. The lowest BCUT2D eigenvalue weighted by Gasteiger charge is -2.13. The Morgan fingerprint density at radius 2 is 2.12 bits per heavy atom. The molecule has 1 atom stereocenters. The van der Waals surface area contributed by atoms with Gasteiger partial charge in [0.05, 0.1) is 3.79 Å². The van der Waals surface area contributed by atoms with E-state index >= 15 is 0 Å². The van der Waals surface area contributed by atoms with E-state index in [-0.39, 0.29) is 6.04 Å². The van der Waals surface area contributed by atoms with Crippen LogP contribution in [0.3, 0.4) is 0 Å². The topological polar surface area (TPSA) is 25.2 Å². The fourth-order valence-electron chi connectivity index (χ4n) is 1.53. The lowest BCUT2D eigenvalue weighted by atomic mass is 10.2. The smallest absolute Gasteiger partial charge is 0.169 e. The molecule has 2 aromatic rings. The first-order valence-corrected chi connectivity index (χ1v) is 8.24. The van der Waals surface area contributed by atoms with Gasteiger partial charge in [0.25, 0.3) is 0 Å². The zero-order valence-corrected chi connectivity index (χ0v) is 14.5. The molecular formula is C11H10Br3NOS. The molecule has 0 aliphatic heterocycles. The molecule has 0 amide bonds. The van der Waals surface area contributed by atoms with Crippen LogP contribution >= 0.6 is 59.1 Å². The van der Waals surface area contributed by atoms with Crippen molar-refractivity contribution in [1.82, 2.24) is 5.32 Å². The molecule has 0 aliphatic carbocycles.